The minimum absolute atomic E-state index is 0.0479. The lowest BCUT2D eigenvalue weighted by molar-refractivity contribution is 0.0538. The highest BCUT2D eigenvalue weighted by molar-refractivity contribution is 7.17. The van der Waals surface area contributed by atoms with E-state index in [0.717, 1.165) is 11.3 Å². The number of aromatic amines is 1. The molecular formula is C18H22ClN5O5S. The minimum atomic E-state index is -1.18. The smallest absolute Gasteiger partial charge is 0.348 e. The fourth-order valence-corrected chi connectivity index (χ4v) is 4.54. The molecular weight excluding hydrogens is 434 g/mol. The number of ether oxygens (including phenoxy) is 1. The second kappa shape index (κ2) is 9.11. The Morgan fingerprint density at radius 1 is 1.40 bits per heavy atom. The number of carboxylic acids is 1. The van der Waals surface area contributed by atoms with Crippen LogP contribution in [0.1, 0.15) is 56.7 Å². The number of H-pyrrole nitrogens is 1. The first kappa shape index (κ1) is 22.2. The molecule has 0 spiro atoms. The zero-order valence-electron chi connectivity index (χ0n) is 16.7. The van der Waals surface area contributed by atoms with Gasteiger partial charge in [-0.25, -0.2) is 14.8 Å². The van der Waals surface area contributed by atoms with E-state index in [0.29, 0.717) is 36.8 Å². The summed E-state index contributed by atoms with van der Waals surface area (Å²) in [4.78, 5) is 48.7. The third-order valence-electron chi connectivity index (χ3n) is 4.89. The van der Waals surface area contributed by atoms with Crippen molar-refractivity contribution in [2.24, 2.45) is 0 Å². The molecule has 10 nitrogen and oxygen atoms in total. The highest BCUT2D eigenvalue weighted by Gasteiger charge is 2.33. The number of piperidine rings is 1. The van der Waals surface area contributed by atoms with Crippen LogP contribution < -0.4 is 10.2 Å². The van der Waals surface area contributed by atoms with Gasteiger partial charge in [0.05, 0.1) is 17.8 Å². The third kappa shape index (κ3) is 4.47. The van der Waals surface area contributed by atoms with E-state index in [-0.39, 0.29) is 39.6 Å². The molecule has 0 aromatic carbocycles. The number of carbonyl (C=O) groups excluding carboxylic acids is 2. The van der Waals surface area contributed by atoms with Crippen molar-refractivity contribution in [3.8, 4) is 0 Å². The van der Waals surface area contributed by atoms with Gasteiger partial charge in [-0.2, -0.15) is 0 Å². The fourth-order valence-electron chi connectivity index (χ4n) is 3.29. The average Bonchev–Trinajstić information content (AvgIpc) is 3.32. The molecule has 3 heterocycles. The van der Waals surface area contributed by atoms with E-state index in [4.69, 9.17) is 16.3 Å². The van der Waals surface area contributed by atoms with Gasteiger partial charge in [-0.05, 0) is 12.8 Å². The van der Waals surface area contributed by atoms with Crippen molar-refractivity contribution in [2.45, 2.75) is 38.8 Å². The largest absolute Gasteiger partial charge is 0.477 e. The molecule has 0 saturated carbocycles. The summed E-state index contributed by atoms with van der Waals surface area (Å²) >= 11 is 6.96. The molecule has 2 atom stereocenters. The number of hydrogen-bond donors (Lipinski definition) is 3. The summed E-state index contributed by atoms with van der Waals surface area (Å²) in [5, 5.41) is 13.0. The Morgan fingerprint density at radius 3 is 2.67 bits per heavy atom. The van der Waals surface area contributed by atoms with Crippen molar-refractivity contribution in [1.82, 2.24) is 20.3 Å². The van der Waals surface area contributed by atoms with Gasteiger partial charge in [0, 0.05) is 27.1 Å². The topological polar surface area (TPSA) is 138 Å². The monoisotopic (exact) mass is 455 g/mol. The second-order valence-electron chi connectivity index (χ2n) is 6.83. The molecule has 0 bridgehead atoms. The second-order valence-corrected chi connectivity index (χ2v) is 8.17. The fraction of sp³-hybridized carbons (Fsp3) is 0.500. The number of imidazole rings is 1. The molecule has 0 unspecified atom stereocenters. The Labute approximate surface area is 181 Å². The van der Waals surface area contributed by atoms with Crippen LogP contribution >= 0.6 is 22.9 Å². The number of halogens is 1. The number of methoxy groups -OCH3 is 1. The van der Waals surface area contributed by atoms with Gasteiger partial charge in [0.1, 0.15) is 10.6 Å². The lowest BCUT2D eigenvalue weighted by Crippen LogP contribution is -2.55. The van der Waals surface area contributed by atoms with Crippen molar-refractivity contribution in [3.05, 3.63) is 27.2 Å². The molecule has 1 saturated heterocycles. The predicted octanol–water partition coefficient (Wildman–Crippen LogP) is 2.01. The first-order valence-electron chi connectivity index (χ1n) is 9.33. The first-order valence-corrected chi connectivity index (χ1v) is 10.5. The number of nitrogens with zero attached hydrogens (tertiary/aromatic N) is 3. The number of amides is 1. The number of ketones is 1. The molecule has 1 aliphatic rings. The number of hydrogen-bond acceptors (Lipinski definition) is 8. The number of thiazole rings is 1. The number of nitrogens with one attached hydrogen (secondary N) is 2. The van der Waals surface area contributed by atoms with Gasteiger partial charge in [-0.15, -0.1) is 0 Å². The van der Waals surface area contributed by atoms with Crippen LogP contribution in [-0.2, 0) is 11.2 Å². The normalized spacial score (nSPS) is 19.0. The summed E-state index contributed by atoms with van der Waals surface area (Å²) in [7, 11) is 1.54. The third-order valence-corrected chi connectivity index (χ3v) is 6.31. The summed E-state index contributed by atoms with van der Waals surface area (Å²) < 4.78 is 5.55. The number of aromatic carboxylic acids is 1. The maximum atomic E-state index is 12.6. The molecule has 12 heteroatoms. The Kier molecular flexibility index (Phi) is 6.74. The van der Waals surface area contributed by atoms with Crippen molar-refractivity contribution < 1.29 is 24.2 Å². The van der Waals surface area contributed by atoms with Crippen LogP contribution in [0.4, 0.5) is 5.13 Å². The maximum absolute atomic E-state index is 12.6. The van der Waals surface area contributed by atoms with Crippen LogP contribution in [0.2, 0.25) is 5.15 Å². The Morgan fingerprint density at radius 2 is 2.13 bits per heavy atom. The van der Waals surface area contributed by atoms with Gasteiger partial charge in [-0.1, -0.05) is 29.9 Å². The Bertz CT molecular complexity index is 943. The molecule has 0 aliphatic carbocycles. The summed E-state index contributed by atoms with van der Waals surface area (Å²) in [6.07, 6.45) is 0.806. The van der Waals surface area contributed by atoms with E-state index in [1.54, 1.807) is 0 Å². The zero-order chi connectivity index (χ0) is 22.0. The first-order chi connectivity index (χ1) is 14.2. The molecule has 1 fully saturated rings. The zero-order valence-corrected chi connectivity index (χ0v) is 18.3. The van der Waals surface area contributed by atoms with E-state index < -0.39 is 11.8 Å². The Balaban J connectivity index is 1.72. The molecule has 3 rings (SSSR count). The summed E-state index contributed by atoms with van der Waals surface area (Å²) in [5.74, 6) is -1.81. The minimum Gasteiger partial charge on any atom is -0.477 e. The lowest BCUT2D eigenvalue weighted by Gasteiger charge is -2.37. The number of anilines is 1. The summed E-state index contributed by atoms with van der Waals surface area (Å²) in [5.41, 5.74) is 0.646. The maximum Gasteiger partial charge on any atom is 0.348 e. The number of Topliss-reactive ketones (excluding diaryl/α,β-unsaturated/α-hetero) is 1. The van der Waals surface area contributed by atoms with Crippen LogP contribution in [0, 0.1) is 0 Å². The van der Waals surface area contributed by atoms with Gasteiger partial charge in [0.2, 0.25) is 0 Å². The number of aromatic nitrogens is 3. The molecule has 2 aromatic rings. The van der Waals surface area contributed by atoms with Crippen LogP contribution in [-0.4, -0.2) is 70.1 Å². The number of carbonyl (C=O) groups is 3. The number of rotatable bonds is 7. The van der Waals surface area contributed by atoms with E-state index in [9.17, 15) is 19.5 Å². The highest BCUT2D eigenvalue weighted by Crippen LogP contribution is 2.30. The number of carboxylic acid groups (broad SMARTS) is 1. The average molecular weight is 456 g/mol. The molecule has 1 amide bonds. The van der Waals surface area contributed by atoms with Gasteiger partial charge < -0.3 is 25.0 Å². The Hall–Kier alpha value is -2.50. The molecule has 3 N–H and O–H groups in total. The van der Waals surface area contributed by atoms with Crippen LogP contribution in [0.3, 0.4) is 0 Å². The van der Waals surface area contributed by atoms with E-state index in [1.807, 2.05) is 11.8 Å². The van der Waals surface area contributed by atoms with Crippen molar-refractivity contribution >= 4 is 45.7 Å². The molecule has 162 valence electrons. The van der Waals surface area contributed by atoms with E-state index in [1.165, 1.54) is 14.0 Å². The quantitative estimate of drug-likeness (QED) is 0.539. The SMILES string of the molecule is CCc1[nH]c(C(=O)N[C@H]2CCN(c3nc(C(C)=O)c(C(=O)O)s3)C[C@H]2OC)nc1Cl. The summed E-state index contributed by atoms with van der Waals surface area (Å²) in [6.45, 7) is 4.08. The van der Waals surface area contributed by atoms with Crippen LogP contribution in [0.25, 0.3) is 0 Å². The van der Waals surface area contributed by atoms with Crippen molar-refractivity contribution in [1.29, 1.82) is 0 Å². The predicted molar refractivity (Wildman–Crippen MR) is 111 cm³/mol. The van der Waals surface area contributed by atoms with Gasteiger partial charge in [0.25, 0.3) is 5.91 Å². The van der Waals surface area contributed by atoms with E-state index in [2.05, 4.69) is 20.3 Å². The van der Waals surface area contributed by atoms with Crippen LogP contribution in [0.15, 0.2) is 0 Å². The summed E-state index contributed by atoms with van der Waals surface area (Å²) in [6, 6.07) is -0.279. The molecule has 30 heavy (non-hydrogen) atoms. The number of aryl methyl sites for hydroxylation is 1. The molecule has 2 aromatic heterocycles. The molecule has 0 radical (unpaired) electrons. The lowest BCUT2D eigenvalue weighted by atomic mass is 10.0. The van der Waals surface area contributed by atoms with Crippen molar-refractivity contribution in [3.63, 3.8) is 0 Å². The van der Waals surface area contributed by atoms with E-state index >= 15 is 0 Å². The van der Waals surface area contributed by atoms with Crippen LogP contribution in [0.5, 0.6) is 0 Å². The van der Waals surface area contributed by atoms with Crippen molar-refractivity contribution in [2.75, 3.05) is 25.1 Å². The van der Waals surface area contributed by atoms with Gasteiger partial charge in [0.15, 0.2) is 21.9 Å². The highest BCUT2D eigenvalue weighted by atomic mass is 35.5. The molecule has 1 aliphatic heterocycles. The standard InChI is InChI=1S/C18H22ClN5O5S/c1-4-9-14(19)23-15(20-9)16(26)21-10-5-6-24(7-11(10)29-3)18-22-12(8(2)25)13(30-18)17(27)28/h10-11H,4-7H2,1-3H3,(H,20,23)(H,21,26)(H,27,28)/t10-,11+/m0/s1. The van der Waals surface area contributed by atoms with Gasteiger partial charge in [-0.3, -0.25) is 9.59 Å². The van der Waals surface area contributed by atoms with Gasteiger partial charge >= 0.3 is 5.97 Å².